The van der Waals surface area contributed by atoms with Gasteiger partial charge in [-0.2, -0.15) is 0 Å². The second-order valence-corrected chi connectivity index (χ2v) is 26.9. The third-order valence-corrected chi connectivity index (χ3v) is 21.9. The first-order valence-corrected chi connectivity index (χ1v) is 29.2. The number of rotatable bonds is 5. The van der Waals surface area contributed by atoms with Crippen molar-refractivity contribution in [2.24, 2.45) is 29.6 Å². The van der Waals surface area contributed by atoms with E-state index in [9.17, 15) is 9.59 Å². The number of carbonyl (C=O) groups is 2. The number of fused-ring (bicyclic) bond motifs is 16. The maximum absolute atomic E-state index is 14.6. The average Bonchev–Trinajstić information content (AvgIpc) is 4.02. The summed E-state index contributed by atoms with van der Waals surface area (Å²) in [6.45, 7) is 14.2. The summed E-state index contributed by atoms with van der Waals surface area (Å²) < 4.78 is 5.20. The second kappa shape index (κ2) is 14.3. The van der Waals surface area contributed by atoms with E-state index < -0.39 is 0 Å². The number of ketones is 2. The van der Waals surface area contributed by atoms with Crippen molar-refractivity contribution in [3.8, 4) is 11.1 Å². The summed E-state index contributed by atoms with van der Waals surface area (Å²) in [7, 11) is 0. The minimum Gasteiger partial charge on any atom is -0.308 e. The standard InChI is InChI=1S/C69H68N2O2/c1-33(2)43-18-46(34(3)4)64(47(19-43)35(5)6)44-20-54-50-24-48-39-7-11-41(12-8-39)67(72)58(48)28-62(50)70-60-27-53-57-23-45(69-30-36-15-37(31-69)17-38(16-36)32-69)22-56-51-25-49-40-9-13-42(14-10-40)68(73)59(49)29-63(51)71(66(56)57)61(53)26-52(60)55(21-44)65(54)70/h18-29,33-42H,7-17,30-32H2,1-6H3. The molecule has 6 aromatic carbocycles. The van der Waals surface area contributed by atoms with Crippen molar-refractivity contribution in [3.05, 3.63) is 117 Å². The van der Waals surface area contributed by atoms with Gasteiger partial charge in [-0.25, -0.2) is 0 Å². The van der Waals surface area contributed by atoms with Crippen LogP contribution in [0.3, 0.4) is 0 Å². The molecule has 0 saturated heterocycles. The molecule has 4 heteroatoms. The zero-order valence-electron chi connectivity index (χ0n) is 43.8. The molecule has 10 aliphatic rings. The lowest BCUT2D eigenvalue weighted by Gasteiger charge is -2.57. The van der Waals surface area contributed by atoms with Crippen molar-refractivity contribution < 1.29 is 9.59 Å². The second-order valence-electron chi connectivity index (χ2n) is 26.9. The van der Waals surface area contributed by atoms with Crippen LogP contribution in [0.4, 0.5) is 0 Å². The van der Waals surface area contributed by atoms with E-state index in [1.807, 2.05) is 0 Å². The highest BCUT2D eigenvalue weighted by atomic mass is 16.1. The molecule has 0 unspecified atom stereocenters. The van der Waals surface area contributed by atoms with E-state index in [1.54, 1.807) is 5.56 Å². The molecule has 0 N–H and O–H groups in total. The van der Waals surface area contributed by atoms with Crippen molar-refractivity contribution in [1.29, 1.82) is 0 Å². The molecule has 6 saturated carbocycles. The van der Waals surface area contributed by atoms with Crippen molar-refractivity contribution in [2.45, 2.75) is 166 Å². The number of Topliss-reactive ketones (excluding diaryl/α,β-unsaturated/α-hetero) is 2. The first kappa shape index (κ1) is 42.6. The van der Waals surface area contributed by atoms with Gasteiger partial charge in [0.15, 0.2) is 11.6 Å². The van der Waals surface area contributed by atoms with Gasteiger partial charge in [0.05, 0.1) is 33.1 Å². The number of nitrogens with zero attached hydrogens (tertiary/aromatic N) is 2. The summed E-state index contributed by atoms with van der Waals surface area (Å²) in [5.74, 6) is 5.69. The van der Waals surface area contributed by atoms with Crippen LogP contribution in [-0.2, 0) is 5.41 Å². The highest BCUT2D eigenvalue weighted by Crippen LogP contribution is 2.62. The Hall–Kier alpha value is -5.74. The van der Waals surface area contributed by atoms with Crippen LogP contribution >= 0.6 is 0 Å². The lowest BCUT2D eigenvalue weighted by atomic mass is 9.48. The van der Waals surface area contributed by atoms with Crippen LogP contribution in [0.25, 0.3) is 87.3 Å². The van der Waals surface area contributed by atoms with Gasteiger partial charge in [0.1, 0.15) is 0 Å². The quantitative estimate of drug-likeness (QED) is 0.172. The third kappa shape index (κ3) is 5.49. The molecule has 6 fully saturated rings. The van der Waals surface area contributed by atoms with Crippen molar-refractivity contribution in [2.75, 3.05) is 0 Å². The zero-order chi connectivity index (χ0) is 48.8. The molecule has 0 radical (unpaired) electrons. The van der Waals surface area contributed by atoms with Gasteiger partial charge in [0.2, 0.25) is 0 Å². The Kier molecular flexibility index (Phi) is 8.37. The molecule has 20 rings (SSSR count). The van der Waals surface area contributed by atoms with Gasteiger partial charge < -0.3 is 8.80 Å². The van der Waals surface area contributed by atoms with Gasteiger partial charge in [-0.15, -0.1) is 0 Å². The lowest BCUT2D eigenvalue weighted by Crippen LogP contribution is -2.48. The zero-order valence-corrected chi connectivity index (χ0v) is 43.8. The monoisotopic (exact) mass is 957 g/mol. The van der Waals surface area contributed by atoms with Crippen LogP contribution in [0.2, 0.25) is 0 Å². The Labute approximate surface area is 428 Å². The van der Waals surface area contributed by atoms with Crippen LogP contribution in [0.5, 0.6) is 0 Å². The Balaban J connectivity index is 1.02. The van der Waals surface area contributed by atoms with Crippen LogP contribution < -0.4 is 0 Å². The largest absolute Gasteiger partial charge is 0.308 e. The van der Waals surface area contributed by atoms with E-state index in [2.05, 4.69) is 123 Å². The van der Waals surface area contributed by atoms with E-state index in [0.717, 1.165) is 80.2 Å². The molecule has 8 bridgehead atoms. The minimum absolute atomic E-state index is 0.141. The molecule has 0 aliphatic heterocycles. The molecule has 4 nitrogen and oxygen atoms in total. The van der Waals surface area contributed by atoms with E-state index in [4.69, 9.17) is 0 Å². The van der Waals surface area contributed by atoms with Crippen molar-refractivity contribution in [1.82, 2.24) is 8.80 Å². The average molecular weight is 957 g/mol. The summed E-state index contributed by atoms with van der Waals surface area (Å²) in [4.78, 5) is 29.1. The Morgan fingerprint density at radius 1 is 0.425 bits per heavy atom. The van der Waals surface area contributed by atoms with Gasteiger partial charge >= 0.3 is 0 Å². The first-order chi connectivity index (χ1) is 35.4. The topological polar surface area (TPSA) is 43.0 Å². The van der Waals surface area contributed by atoms with E-state index >= 15 is 0 Å². The van der Waals surface area contributed by atoms with E-state index in [0.29, 0.717) is 41.2 Å². The van der Waals surface area contributed by atoms with E-state index in [1.165, 1.54) is 154 Å². The highest BCUT2D eigenvalue weighted by Gasteiger charge is 2.52. The molecule has 4 aromatic heterocycles. The van der Waals surface area contributed by atoms with Crippen LogP contribution in [0.1, 0.15) is 215 Å². The third-order valence-electron chi connectivity index (χ3n) is 21.9. The Morgan fingerprint density at radius 2 is 0.808 bits per heavy atom. The number of hydrogen-bond acceptors (Lipinski definition) is 2. The summed E-state index contributed by atoms with van der Waals surface area (Å²) in [6, 6.07) is 30.4. The predicted octanol–water partition coefficient (Wildman–Crippen LogP) is 18.4. The molecule has 4 heterocycles. The molecular weight excluding hydrogens is 889 g/mol. The molecule has 73 heavy (non-hydrogen) atoms. The molecule has 0 amide bonds. The molecule has 0 atom stereocenters. The molecule has 10 aromatic rings. The SMILES string of the molecule is CC(C)c1cc(C(C)C)c(-c2cc3c4cc5c(cc4n4c6cc7c8cc(C9%10CC%11CC(CC(C%11)C9)C%10)cc9c%10cc%11c(cc%10n(c7cc6c(c2)c34)c98)C(=O)C2CCC%11CC2)C(=O)C2CCC5CC2)c(C(C)C)c1. The van der Waals surface area contributed by atoms with Gasteiger partial charge in [-0.05, 0) is 248 Å². The summed E-state index contributed by atoms with van der Waals surface area (Å²) >= 11 is 0. The first-order valence-electron chi connectivity index (χ1n) is 29.2. The van der Waals surface area contributed by atoms with Crippen molar-refractivity contribution in [3.63, 3.8) is 0 Å². The smallest absolute Gasteiger partial charge is 0.166 e. The van der Waals surface area contributed by atoms with Crippen LogP contribution in [-0.4, -0.2) is 20.4 Å². The van der Waals surface area contributed by atoms with Gasteiger partial charge in [0, 0.05) is 66.1 Å². The fourth-order valence-electron chi connectivity index (χ4n) is 18.8. The van der Waals surface area contributed by atoms with Gasteiger partial charge in [-0.3, -0.25) is 9.59 Å². The summed E-state index contributed by atoms with van der Waals surface area (Å²) in [6.07, 6.45) is 16.9. The van der Waals surface area contributed by atoms with Gasteiger partial charge in [0.25, 0.3) is 0 Å². The fraction of sp³-hybridized carbons (Fsp3) is 0.449. The van der Waals surface area contributed by atoms with Gasteiger partial charge in [-0.1, -0.05) is 53.7 Å². The highest BCUT2D eigenvalue weighted by molar-refractivity contribution is 6.30. The maximum atomic E-state index is 14.6. The van der Waals surface area contributed by atoms with Crippen LogP contribution in [0, 0.1) is 29.6 Å². The van der Waals surface area contributed by atoms with E-state index in [-0.39, 0.29) is 17.3 Å². The molecule has 10 aliphatic carbocycles. The number of carbonyl (C=O) groups excluding carboxylic acids is 2. The number of benzene rings is 6. The Bertz CT molecular complexity index is 4050. The Morgan fingerprint density at radius 3 is 1.22 bits per heavy atom. The minimum atomic E-state index is 0.141. The predicted molar refractivity (Wildman–Crippen MR) is 301 cm³/mol. The summed E-state index contributed by atoms with van der Waals surface area (Å²) in [5.41, 5.74) is 20.9. The molecule has 0 spiro atoms. The summed E-state index contributed by atoms with van der Waals surface area (Å²) in [5, 5.41) is 10.6. The molecular formula is C69H68N2O2. The van der Waals surface area contributed by atoms with Crippen molar-refractivity contribution >= 4 is 87.8 Å². The normalized spacial score (nSPS) is 27.7. The lowest BCUT2D eigenvalue weighted by molar-refractivity contribution is -0.00508. The number of hydrogen-bond donors (Lipinski definition) is 0. The fourth-order valence-corrected chi connectivity index (χ4v) is 18.8. The van der Waals surface area contributed by atoms with Crippen LogP contribution in [0.15, 0.2) is 72.8 Å². The number of aromatic nitrogens is 2. The molecule has 366 valence electrons. The maximum Gasteiger partial charge on any atom is 0.166 e.